The number of halogens is 2. The number of hydrogen-bond acceptors (Lipinski definition) is 4. The van der Waals surface area contributed by atoms with E-state index in [1.165, 1.54) is 6.42 Å². The molecule has 1 atom stereocenters. The van der Waals surface area contributed by atoms with Crippen LogP contribution in [-0.4, -0.2) is 34.8 Å². The first-order valence-electron chi connectivity index (χ1n) is 7.00. The lowest BCUT2D eigenvalue weighted by molar-refractivity contribution is 0.420. The van der Waals surface area contributed by atoms with Crippen LogP contribution in [0, 0.1) is 5.92 Å². The molecule has 7 heteroatoms. The van der Waals surface area contributed by atoms with E-state index >= 15 is 0 Å². The van der Waals surface area contributed by atoms with Gasteiger partial charge in [0.25, 0.3) is 0 Å². The monoisotopic (exact) mass is 369 g/mol. The van der Waals surface area contributed by atoms with Crippen molar-refractivity contribution in [2.75, 3.05) is 24.5 Å². The number of benzene rings is 1. The minimum Gasteiger partial charge on any atom is -0.339 e. The smallest absolute Gasteiger partial charge is 0.245 e. The summed E-state index contributed by atoms with van der Waals surface area (Å²) in [6, 6.07) is 5.68. The summed E-state index contributed by atoms with van der Waals surface area (Å²) in [5.41, 5.74) is 6.62. The van der Waals surface area contributed by atoms with Crippen molar-refractivity contribution in [3.63, 3.8) is 0 Å². The number of nitrogens with two attached hydrogens (primary N) is 1. The van der Waals surface area contributed by atoms with E-state index in [2.05, 4.69) is 36.0 Å². The minimum absolute atomic E-state index is 0.523. The van der Waals surface area contributed by atoms with Gasteiger partial charge in [0.15, 0.2) is 5.82 Å². The summed E-state index contributed by atoms with van der Waals surface area (Å²) < 4.78 is 0.959. The Balaban J connectivity index is 1.84. The molecule has 0 radical (unpaired) electrons. The van der Waals surface area contributed by atoms with E-state index in [0.717, 1.165) is 35.5 Å². The number of nitrogens with one attached hydrogen (secondary N) is 1. The SMILES string of the molecule is NCC1CCCN(c2n[nH]c(-c3cc(Br)ccc3Cl)n2)C1. The molecule has 0 amide bonds. The summed E-state index contributed by atoms with van der Waals surface area (Å²) in [6.45, 7) is 2.60. The highest BCUT2D eigenvalue weighted by atomic mass is 79.9. The average molecular weight is 371 g/mol. The molecule has 1 fully saturated rings. The Morgan fingerprint density at radius 2 is 2.33 bits per heavy atom. The molecule has 1 aliphatic rings. The summed E-state index contributed by atoms with van der Waals surface area (Å²) >= 11 is 9.68. The zero-order valence-electron chi connectivity index (χ0n) is 11.5. The number of aromatic amines is 1. The lowest BCUT2D eigenvalue weighted by atomic mass is 9.99. The van der Waals surface area contributed by atoms with Crippen LogP contribution in [0.3, 0.4) is 0 Å². The lowest BCUT2D eigenvalue weighted by Gasteiger charge is -2.31. The molecule has 0 bridgehead atoms. The van der Waals surface area contributed by atoms with Gasteiger partial charge in [-0.05, 0) is 43.5 Å². The van der Waals surface area contributed by atoms with Gasteiger partial charge >= 0.3 is 0 Å². The molecule has 21 heavy (non-hydrogen) atoms. The fraction of sp³-hybridized carbons (Fsp3) is 0.429. The number of rotatable bonds is 3. The fourth-order valence-electron chi connectivity index (χ4n) is 2.63. The van der Waals surface area contributed by atoms with Crippen LogP contribution in [0.5, 0.6) is 0 Å². The number of anilines is 1. The average Bonchev–Trinajstić information content (AvgIpc) is 2.99. The van der Waals surface area contributed by atoms with E-state index in [9.17, 15) is 0 Å². The van der Waals surface area contributed by atoms with Gasteiger partial charge < -0.3 is 10.6 Å². The van der Waals surface area contributed by atoms with Gasteiger partial charge in [0.1, 0.15) is 0 Å². The number of nitrogens with zero attached hydrogens (tertiary/aromatic N) is 3. The Kier molecular flexibility index (Phi) is 4.47. The molecule has 0 saturated carbocycles. The van der Waals surface area contributed by atoms with E-state index < -0.39 is 0 Å². The predicted octanol–water partition coefficient (Wildman–Crippen LogP) is 3.06. The predicted molar refractivity (Wildman–Crippen MR) is 88.5 cm³/mol. The van der Waals surface area contributed by atoms with Gasteiger partial charge in [-0.15, -0.1) is 5.10 Å². The molecule has 1 aromatic heterocycles. The quantitative estimate of drug-likeness (QED) is 0.871. The van der Waals surface area contributed by atoms with Crippen LogP contribution in [0.1, 0.15) is 12.8 Å². The lowest BCUT2D eigenvalue weighted by Crippen LogP contribution is -2.38. The van der Waals surface area contributed by atoms with Crippen molar-refractivity contribution in [3.8, 4) is 11.4 Å². The van der Waals surface area contributed by atoms with Crippen LogP contribution in [0.15, 0.2) is 22.7 Å². The maximum Gasteiger partial charge on any atom is 0.245 e. The Morgan fingerprint density at radius 3 is 3.14 bits per heavy atom. The molecule has 3 N–H and O–H groups in total. The molecular formula is C14H17BrClN5. The zero-order valence-corrected chi connectivity index (χ0v) is 13.9. The van der Waals surface area contributed by atoms with Crippen LogP contribution in [-0.2, 0) is 0 Å². The highest BCUT2D eigenvalue weighted by Crippen LogP contribution is 2.29. The standard InChI is InChI=1S/C14H17BrClN5/c15-10-3-4-12(16)11(6-10)13-18-14(20-19-13)21-5-1-2-9(7-17)8-21/h3-4,6,9H,1-2,5,7-8,17H2,(H,18,19,20). The first-order valence-corrected chi connectivity index (χ1v) is 8.17. The van der Waals surface area contributed by atoms with Gasteiger partial charge in [-0.1, -0.05) is 27.5 Å². The number of H-pyrrole nitrogens is 1. The zero-order chi connectivity index (χ0) is 14.8. The minimum atomic E-state index is 0.523. The Labute approximate surface area is 137 Å². The normalized spacial score (nSPS) is 19.0. The molecule has 1 aliphatic heterocycles. The van der Waals surface area contributed by atoms with Crippen molar-refractivity contribution in [1.82, 2.24) is 15.2 Å². The number of hydrogen-bond donors (Lipinski definition) is 2. The van der Waals surface area contributed by atoms with Gasteiger partial charge in [-0.25, -0.2) is 0 Å². The van der Waals surface area contributed by atoms with Crippen molar-refractivity contribution in [2.24, 2.45) is 11.7 Å². The van der Waals surface area contributed by atoms with Crippen molar-refractivity contribution in [3.05, 3.63) is 27.7 Å². The topological polar surface area (TPSA) is 70.8 Å². The number of piperidine rings is 1. The molecular weight excluding hydrogens is 354 g/mol. The Bertz CT molecular complexity index is 630. The summed E-state index contributed by atoms with van der Waals surface area (Å²) in [5, 5.41) is 7.96. The molecule has 3 rings (SSSR count). The van der Waals surface area contributed by atoms with E-state index in [0.29, 0.717) is 23.3 Å². The van der Waals surface area contributed by atoms with Crippen molar-refractivity contribution in [1.29, 1.82) is 0 Å². The third kappa shape index (κ3) is 3.22. The maximum atomic E-state index is 6.23. The summed E-state index contributed by atoms with van der Waals surface area (Å²) in [4.78, 5) is 6.78. The third-order valence-electron chi connectivity index (χ3n) is 3.79. The van der Waals surface area contributed by atoms with Gasteiger partial charge in [-0.2, -0.15) is 4.98 Å². The van der Waals surface area contributed by atoms with Gasteiger partial charge in [0.05, 0.1) is 5.02 Å². The van der Waals surface area contributed by atoms with E-state index in [-0.39, 0.29) is 0 Å². The van der Waals surface area contributed by atoms with Gasteiger partial charge in [-0.3, -0.25) is 5.10 Å². The molecule has 1 saturated heterocycles. The third-order valence-corrected chi connectivity index (χ3v) is 4.62. The molecule has 5 nitrogen and oxygen atoms in total. The van der Waals surface area contributed by atoms with Crippen LogP contribution in [0.25, 0.3) is 11.4 Å². The molecule has 1 unspecified atom stereocenters. The number of aromatic nitrogens is 3. The molecule has 2 aromatic rings. The van der Waals surface area contributed by atoms with Gasteiger partial charge in [0.2, 0.25) is 5.95 Å². The summed E-state index contributed by atoms with van der Waals surface area (Å²) in [5.74, 6) is 1.93. The Morgan fingerprint density at radius 1 is 1.48 bits per heavy atom. The van der Waals surface area contributed by atoms with E-state index in [4.69, 9.17) is 17.3 Å². The molecule has 2 heterocycles. The highest BCUT2D eigenvalue weighted by Gasteiger charge is 2.22. The van der Waals surface area contributed by atoms with Crippen LogP contribution in [0.2, 0.25) is 5.02 Å². The van der Waals surface area contributed by atoms with E-state index in [1.54, 1.807) is 0 Å². The first kappa shape index (κ1) is 14.8. The molecule has 1 aromatic carbocycles. The maximum absolute atomic E-state index is 6.23. The van der Waals surface area contributed by atoms with Crippen LogP contribution >= 0.6 is 27.5 Å². The van der Waals surface area contributed by atoms with Crippen molar-refractivity contribution >= 4 is 33.5 Å². The second kappa shape index (κ2) is 6.34. The highest BCUT2D eigenvalue weighted by molar-refractivity contribution is 9.10. The first-order chi connectivity index (χ1) is 10.2. The molecule has 0 aliphatic carbocycles. The second-order valence-corrected chi connectivity index (χ2v) is 6.62. The van der Waals surface area contributed by atoms with Crippen LogP contribution < -0.4 is 10.6 Å². The summed E-state index contributed by atoms with van der Waals surface area (Å²) in [6.07, 6.45) is 2.31. The fourth-order valence-corrected chi connectivity index (χ4v) is 3.20. The van der Waals surface area contributed by atoms with Crippen molar-refractivity contribution < 1.29 is 0 Å². The molecule has 112 valence electrons. The largest absolute Gasteiger partial charge is 0.339 e. The second-order valence-electron chi connectivity index (χ2n) is 5.30. The molecule has 0 spiro atoms. The summed E-state index contributed by atoms with van der Waals surface area (Å²) in [7, 11) is 0. The van der Waals surface area contributed by atoms with Crippen molar-refractivity contribution in [2.45, 2.75) is 12.8 Å². The van der Waals surface area contributed by atoms with E-state index in [1.807, 2.05) is 18.2 Å². The van der Waals surface area contributed by atoms with Crippen LogP contribution in [0.4, 0.5) is 5.95 Å². The van der Waals surface area contributed by atoms with Gasteiger partial charge in [0, 0.05) is 23.1 Å². The Hall–Kier alpha value is -1.11.